The average Bonchev–Trinajstić information content (AvgIpc) is 2.47. The maximum Gasteiger partial charge on any atom is 0.262 e. The summed E-state index contributed by atoms with van der Waals surface area (Å²) in [6.07, 6.45) is 0. The van der Waals surface area contributed by atoms with E-state index in [1.807, 2.05) is 18.2 Å². The highest BCUT2D eigenvalue weighted by molar-refractivity contribution is 14.1. The van der Waals surface area contributed by atoms with E-state index in [0.29, 0.717) is 22.9 Å². The lowest BCUT2D eigenvalue weighted by atomic mass is 10.2. The third-order valence-corrected chi connectivity index (χ3v) is 3.37. The van der Waals surface area contributed by atoms with E-state index in [2.05, 4.69) is 27.9 Å². The molecule has 6 heteroatoms. The maximum atomic E-state index is 11.9. The number of nitrogens with two attached hydrogens (primary N) is 1. The van der Waals surface area contributed by atoms with Gasteiger partial charge in [0.05, 0.1) is 18.5 Å². The van der Waals surface area contributed by atoms with Gasteiger partial charge in [0.2, 0.25) is 0 Å². The lowest BCUT2D eigenvalue weighted by Gasteiger charge is -2.10. The van der Waals surface area contributed by atoms with Crippen molar-refractivity contribution >= 4 is 39.9 Å². The van der Waals surface area contributed by atoms with Crippen LogP contribution in [0.5, 0.6) is 11.5 Å². The van der Waals surface area contributed by atoms with Crippen LogP contribution in [0.3, 0.4) is 0 Å². The first-order valence-corrected chi connectivity index (χ1v) is 7.28. The lowest BCUT2D eigenvalue weighted by molar-refractivity contribution is -0.118. The Morgan fingerprint density at radius 1 is 1.24 bits per heavy atom. The standard InChI is InChI=1S/C15H15IN2O3/c1-20-11-5-6-14(13(17)8-11)18-15(19)9-21-12-4-2-3-10(16)7-12/h2-8H,9,17H2,1H3,(H,18,19). The molecule has 0 bridgehead atoms. The molecule has 0 aliphatic carbocycles. The summed E-state index contributed by atoms with van der Waals surface area (Å²) in [5.41, 5.74) is 6.81. The minimum Gasteiger partial charge on any atom is -0.497 e. The molecule has 0 aromatic heterocycles. The van der Waals surface area contributed by atoms with Gasteiger partial charge in [0, 0.05) is 9.64 Å². The zero-order valence-corrected chi connectivity index (χ0v) is 13.6. The van der Waals surface area contributed by atoms with E-state index >= 15 is 0 Å². The van der Waals surface area contributed by atoms with E-state index in [9.17, 15) is 4.79 Å². The molecule has 0 aliphatic rings. The van der Waals surface area contributed by atoms with Gasteiger partial charge >= 0.3 is 0 Å². The molecule has 0 aliphatic heterocycles. The van der Waals surface area contributed by atoms with Gasteiger partial charge in [-0.05, 0) is 52.9 Å². The second kappa shape index (κ2) is 7.16. The average molecular weight is 398 g/mol. The lowest BCUT2D eigenvalue weighted by Crippen LogP contribution is -2.20. The number of nitrogen functional groups attached to an aromatic ring is 1. The minimum absolute atomic E-state index is 0.0778. The zero-order chi connectivity index (χ0) is 15.2. The third kappa shape index (κ3) is 4.52. The normalized spacial score (nSPS) is 10.0. The van der Waals surface area contributed by atoms with Crippen LogP contribution in [0.15, 0.2) is 42.5 Å². The molecule has 5 nitrogen and oxygen atoms in total. The second-order valence-corrected chi connectivity index (χ2v) is 5.49. The van der Waals surface area contributed by atoms with E-state index in [4.69, 9.17) is 15.2 Å². The molecular formula is C15H15IN2O3. The number of nitrogens with one attached hydrogen (secondary N) is 1. The Bertz CT molecular complexity index is 647. The zero-order valence-electron chi connectivity index (χ0n) is 11.4. The summed E-state index contributed by atoms with van der Waals surface area (Å²) in [5.74, 6) is 1.02. The first-order valence-electron chi connectivity index (χ1n) is 6.20. The van der Waals surface area contributed by atoms with Gasteiger partial charge in [0.15, 0.2) is 6.61 Å². The van der Waals surface area contributed by atoms with E-state index in [-0.39, 0.29) is 12.5 Å². The molecule has 21 heavy (non-hydrogen) atoms. The Hall–Kier alpha value is -1.96. The highest BCUT2D eigenvalue weighted by Gasteiger charge is 2.07. The largest absolute Gasteiger partial charge is 0.497 e. The number of anilines is 2. The molecule has 0 saturated heterocycles. The monoisotopic (exact) mass is 398 g/mol. The number of methoxy groups -OCH3 is 1. The topological polar surface area (TPSA) is 73.6 Å². The molecule has 2 aromatic carbocycles. The van der Waals surface area contributed by atoms with E-state index < -0.39 is 0 Å². The highest BCUT2D eigenvalue weighted by Crippen LogP contribution is 2.24. The molecule has 0 heterocycles. The van der Waals surface area contributed by atoms with Gasteiger partial charge in [-0.15, -0.1) is 0 Å². The Labute approximate surface area is 136 Å². The molecule has 0 radical (unpaired) electrons. The Kier molecular flexibility index (Phi) is 5.26. The number of amides is 1. The smallest absolute Gasteiger partial charge is 0.262 e. The number of ether oxygens (including phenoxy) is 2. The fraction of sp³-hybridized carbons (Fsp3) is 0.133. The Morgan fingerprint density at radius 2 is 2.05 bits per heavy atom. The van der Waals surface area contributed by atoms with Gasteiger partial charge < -0.3 is 20.5 Å². The summed E-state index contributed by atoms with van der Waals surface area (Å²) in [5, 5.41) is 2.70. The molecule has 2 rings (SSSR count). The van der Waals surface area contributed by atoms with Gasteiger partial charge in [0.1, 0.15) is 11.5 Å². The van der Waals surface area contributed by atoms with Gasteiger partial charge in [-0.2, -0.15) is 0 Å². The summed E-state index contributed by atoms with van der Waals surface area (Å²) in [6.45, 7) is -0.0778. The van der Waals surface area contributed by atoms with Crippen molar-refractivity contribution in [3.63, 3.8) is 0 Å². The van der Waals surface area contributed by atoms with Crippen molar-refractivity contribution in [3.8, 4) is 11.5 Å². The molecule has 0 unspecified atom stereocenters. The minimum atomic E-state index is -0.272. The van der Waals surface area contributed by atoms with Crippen molar-refractivity contribution in [2.24, 2.45) is 0 Å². The molecule has 0 saturated carbocycles. The number of hydrogen-bond donors (Lipinski definition) is 2. The molecule has 0 atom stereocenters. The second-order valence-electron chi connectivity index (χ2n) is 4.25. The van der Waals surface area contributed by atoms with Crippen molar-refractivity contribution in [3.05, 3.63) is 46.0 Å². The van der Waals surface area contributed by atoms with Crippen molar-refractivity contribution < 1.29 is 14.3 Å². The summed E-state index contributed by atoms with van der Waals surface area (Å²) in [4.78, 5) is 11.9. The van der Waals surface area contributed by atoms with Crippen LogP contribution in [-0.2, 0) is 4.79 Å². The quantitative estimate of drug-likeness (QED) is 0.600. The van der Waals surface area contributed by atoms with Crippen molar-refractivity contribution in [1.29, 1.82) is 0 Å². The SMILES string of the molecule is COc1ccc(NC(=O)COc2cccc(I)c2)c(N)c1. The third-order valence-electron chi connectivity index (χ3n) is 2.70. The van der Waals surface area contributed by atoms with Crippen LogP contribution in [0.2, 0.25) is 0 Å². The Balaban J connectivity index is 1.93. The molecule has 110 valence electrons. The van der Waals surface area contributed by atoms with Crippen LogP contribution >= 0.6 is 22.6 Å². The van der Waals surface area contributed by atoms with Crippen LogP contribution in [-0.4, -0.2) is 19.6 Å². The number of carbonyl (C=O) groups excluding carboxylic acids is 1. The fourth-order valence-corrected chi connectivity index (χ4v) is 2.19. The van der Waals surface area contributed by atoms with E-state index in [1.54, 1.807) is 31.4 Å². The first-order chi connectivity index (χ1) is 10.1. The fourth-order valence-electron chi connectivity index (χ4n) is 1.67. The van der Waals surface area contributed by atoms with Gasteiger partial charge in [-0.1, -0.05) is 6.07 Å². The van der Waals surface area contributed by atoms with Gasteiger partial charge in [-0.3, -0.25) is 4.79 Å². The van der Waals surface area contributed by atoms with Gasteiger partial charge in [0.25, 0.3) is 5.91 Å². The number of halogens is 1. The summed E-state index contributed by atoms with van der Waals surface area (Å²) in [7, 11) is 1.56. The van der Waals surface area contributed by atoms with E-state index in [0.717, 1.165) is 3.57 Å². The van der Waals surface area contributed by atoms with Crippen molar-refractivity contribution in [2.45, 2.75) is 0 Å². The molecule has 1 amide bonds. The predicted octanol–water partition coefficient (Wildman–Crippen LogP) is 2.90. The van der Waals surface area contributed by atoms with Crippen LogP contribution < -0.4 is 20.5 Å². The van der Waals surface area contributed by atoms with Crippen LogP contribution in [0.4, 0.5) is 11.4 Å². The molecule has 2 aromatic rings. The van der Waals surface area contributed by atoms with Crippen LogP contribution in [0, 0.1) is 3.57 Å². The van der Waals surface area contributed by atoms with E-state index in [1.165, 1.54) is 0 Å². The molecular weight excluding hydrogens is 383 g/mol. The molecule has 3 N–H and O–H groups in total. The number of hydrogen-bond acceptors (Lipinski definition) is 4. The van der Waals surface area contributed by atoms with Crippen molar-refractivity contribution in [2.75, 3.05) is 24.8 Å². The number of carbonyl (C=O) groups is 1. The summed E-state index contributed by atoms with van der Waals surface area (Å²) in [6, 6.07) is 12.6. The van der Waals surface area contributed by atoms with Gasteiger partial charge in [-0.25, -0.2) is 0 Å². The number of rotatable bonds is 5. The number of benzene rings is 2. The van der Waals surface area contributed by atoms with Crippen LogP contribution in [0.25, 0.3) is 0 Å². The Morgan fingerprint density at radius 3 is 2.71 bits per heavy atom. The predicted molar refractivity (Wildman–Crippen MR) is 90.7 cm³/mol. The molecule has 0 spiro atoms. The molecule has 0 fully saturated rings. The summed E-state index contributed by atoms with van der Waals surface area (Å²) >= 11 is 2.18. The first kappa shape index (κ1) is 15.4. The van der Waals surface area contributed by atoms with Crippen LogP contribution in [0.1, 0.15) is 0 Å². The summed E-state index contributed by atoms with van der Waals surface area (Å²) < 4.78 is 11.5. The maximum absolute atomic E-state index is 11.9. The highest BCUT2D eigenvalue weighted by atomic mass is 127. The van der Waals surface area contributed by atoms with Crippen molar-refractivity contribution in [1.82, 2.24) is 0 Å².